The molecule has 1 unspecified atom stereocenters. The van der Waals surface area contributed by atoms with Crippen molar-refractivity contribution in [3.63, 3.8) is 0 Å². The maximum absolute atomic E-state index is 13.1. The van der Waals surface area contributed by atoms with Gasteiger partial charge in [0.15, 0.2) is 11.4 Å². The molecule has 35 heavy (non-hydrogen) atoms. The van der Waals surface area contributed by atoms with Gasteiger partial charge in [-0.15, -0.1) is 0 Å². The second-order valence-electron chi connectivity index (χ2n) is 8.78. The number of hydrogen-bond donors (Lipinski definition) is 2. The fourth-order valence-electron chi connectivity index (χ4n) is 4.89. The van der Waals surface area contributed by atoms with Crippen LogP contribution in [0, 0.1) is 0 Å². The maximum atomic E-state index is 13.1. The zero-order valence-electron chi connectivity index (χ0n) is 19.9. The van der Waals surface area contributed by atoms with Crippen LogP contribution in [0.25, 0.3) is 11.0 Å². The number of pyridine rings is 1. The highest BCUT2D eigenvalue weighted by atomic mass is 16.5. The van der Waals surface area contributed by atoms with Crippen molar-refractivity contribution in [1.29, 1.82) is 0 Å². The minimum Gasteiger partial charge on any atom is -0.497 e. The number of morpholine rings is 1. The molecule has 10 nitrogen and oxygen atoms in total. The monoisotopic (exact) mass is 479 g/mol. The number of ether oxygens (including phenoxy) is 3. The molecule has 1 aromatic carbocycles. The van der Waals surface area contributed by atoms with Crippen LogP contribution in [0.4, 0.5) is 5.95 Å². The Morgan fingerprint density at radius 3 is 2.77 bits per heavy atom. The van der Waals surface area contributed by atoms with Crippen LogP contribution >= 0.6 is 0 Å². The van der Waals surface area contributed by atoms with Gasteiger partial charge in [0.1, 0.15) is 11.5 Å². The lowest BCUT2D eigenvalue weighted by molar-refractivity contribution is 0.0398. The summed E-state index contributed by atoms with van der Waals surface area (Å²) in [7, 11) is 3.19. The van der Waals surface area contributed by atoms with E-state index in [0.717, 1.165) is 38.4 Å². The number of methoxy groups -OCH3 is 2. The third-order valence-corrected chi connectivity index (χ3v) is 6.73. The summed E-state index contributed by atoms with van der Waals surface area (Å²) >= 11 is 0. The first kappa shape index (κ1) is 23.3. The first-order valence-corrected chi connectivity index (χ1v) is 11.8. The Balaban J connectivity index is 1.42. The van der Waals surface area contributed by atoms with E-state index in [4.69, 9.17) is 14.2 Å². The van der Waals surface area contributed by atoms with E-state index in [1.54, 1.807) is 20.4 Å². The molecule has 0 spiro atoms. The second-order valence-corrected chi connectivity index (χ2v) is 8.78. The molecule has 10 heteroatoms. The summed E-state index contributed by atoms with van der Waals surface area (Å²) in [6.45, 7) is 4.72. The first-order valence-electron chi connectivity index (χ1n) is 11.8. The molecule has 2 aromatic heterocycles. The lowest BCUT2D eigenvalue weighted by Gasteiger charge is -2.26. The number of Topliss-reactive ketones (excluding diaryl/α,β-unsaturated/α-hetero) is 1. The number of anilines is 1. The third kappa shape index (κ3) is 4.71. The first-order chi connectivity index (χ1) is 17.1. The quantitative estimate of drug-likeness (QED) is 0.524. The topological polar surface area (TPSA) is 119 Å². The van der Waals surface area contributed by atoms with E-state index in [0.29, 0.717) is 59.0 Å². The van der Waals surface area contributed by atoms with E-state index < -0.39 is 0 Å². The molecule has 0 bridgehead atoms. The van der Waals surface area contributed by atoms with Crippen molar-refractivity contribution in [2.24, 2.45) is 0 Å². The van der Waals surface area contributed by atoms with Crippen LogP contribution < -0.4 is 20.3 Å². The Hall–Kier alpha value is -3.50. The van der Waals surface area contributed by atoms with Gasteiger partial charge in [-0.3, -0.25) is 19.5 Å². The molecular weight excluding hydrogens is 450 g/mol. The number of nitrogens with one attached hydrogen (secondary N) is 2. The van der Waals surface area contributed by atoms with Crippen LogP contribution in [0.2, 0.25) is 0 Å². The Bertz CT molecular complexity index is 1300. The van der Waals surface area contributed by atoms with Crippen LogP contribution in [0.5, 0.6) is 11.5 Å². The van der Waals surface area contributed by atoms with Crippen molar-refractivity contribution >= 4 is 22.8 Å². The molecule has 184 valence electrons. The smallest absolute Gasteiger partial charge is 0.262 e. The van der Waals surface area contributed by atoms with Crippen molar-refractivity contribution in [2.75, 3.05) is 58.9 Å². The molecule has 1 atom stereocenters. The zero-order chi connectivity index (χ0) is 24.4. The molecule has 1 saturated heterocycles. The van der Waals surface area contributed by atoms with Crippen molar-refractivity contribution in [3.8, 4) is 11.5 Å². The van der Waals surface area contributed by atoms with Gasteiger partial charge < -0.3 is 19.5 Å². The van der Waals surface area contributed by atoms with Gasteiger partial charge in [0.05, 0.1) is 32.8 Å². The molecule has 1 aliphatic heterocycles. The summed E-state index contributed by atoms with van der Waals surface area (Å²) in [5, 5.41) is 3.56. The molecule has 1 aliphatic carbocycles. The average Bonchev–Trinajstić information content (AvgIpc) is 2.88. The largest absolute Gasteiger partial charge is 0.497 e. The molecule has 0 amide bonds. The average molecular weight is 480 g/mol. The summed E-state index contributed by atoms with van der Waals surface area (Å²) in [5.41, 5.74) is 2.10. The van der Waals surface area contributed by atoms with Gasteiger partial charge >= 0.3 is 0 Å². The lowest BCUT2D eigenvalue weighted by Crippen LogP contribution is -2.39. The highest BCUT2D eigenvalue weighted by molar-refractivity contribution is 6.02. The Kier molecular flexibility index (Phi) is 6.65. The number of nitrogens with zero attached hydrogens (tertiary/aromatic N) is 3. The van der Waals surface area contributed by atoms with Crippen molar-refractivity contribution in [1.82, 2.24) is 19.9 Å². The molecule has 0 saturated carbocycles. The van der Waals surface area contributed by atoms with Crippen LogP contribution in [0.1, 0.15) is 33.8 Å². The number of rotatable bonds is 7. The number of benzene rings is 1. The minimum absolute atomic E-state index is 0.0457. The summed E-state index contributed by atoms with van der Waals surface area (Å²) in [5.74, 6) is 1.53. The Morgan fingerprint density at radius 1 is 1.17 bits per heavy atom. The fourth-order valence-corrected chi connectivity index (χ4v) is 4.89. The normalized spacial score (nSPS) is 18.3. The summed E-state index contributed by atoms with van der Waals surface area (Å²) in [6.07, 6.45) is 2.37. The molecule has 0 radical (unpaired) electrons. The second kappa shape index (κ2) is 10.0. The molecule has 2 aliphatic rings. The summed E-state index contributed by atoms with van der Waals surface area (Å²) < 4.78 is 16.2. The fraction of sp³-hybridized carbons (Fsp3) is 0.440. The van der Waals surface area contributed by atoms with Gasteiger partial charge in [-0.05, 0) is 29.5 Å². The predicted molar refractivity (Wildman–Crippen MR) is 131 cm³/mol. The van der Waals surface area contributed by atoms with Crippen molar-refractivity contribution in [3.05, 3.63) is 51.4 Å². The van der Waals surface area contributed by atoms with Gasteiger partial charge in [-0.1, -0.05) is 6.07 Å². The predicted octanol–water partition coefficient (Wildman–Crippen LogP) is 1.99. The van der Waals surface area contributed by atoms with E-state index >= 15 is 0 Å². The number of aromatic nitrogens is 3. The van der Waals surface area contributed by atoms with E-state index in [9.17, 15) is 9.59 Å². The number of fused-ring (bicyclic) bond motifs is 3. The van der Waals surface area contributed by atoms with E-state index in [1.165, 1.54) is 0 Å². The van der Waals surface area contributed by atoms with E-state index in [2.05, 4.69) is 25.2 Å². The molecular formula is C25H29N5O5. The van der Waals surface area contributed by atoms with E-state index in [1.807, 2.05) is 18.2 Å². The standard InChI is InChI=1S/C25H29N5O5/c1-33-16-3-4-17(21(13-16)34-2)15-11-18-19(20(31)12-15)14-27-23-22(18)24(32)29-25(28-23)26-5-6-30-7-9-35-10-8-30/h3-4,13-15H,5-12H2,1-2H3,(H2,26,27,28,29,32). The van der Waals surface area contributed by atoms with Gasteiger partial charge in [-0.25, -0.2) is 4.98 Å². The number of ketones is 1. The third-order valence-electron chi connectivity index (χ3n) is 6.73. The minimum atomic E-state index is -0.302. The number of hydrogen-bond acceptors (Lipinski definition) is 9. The lowest BCUT2D eigenvalue weighted by atomic mass is 9.79. The number of H-pyrrole nitrogens is 1. The van der Waals surface area contributed by atoms with Crippen LogP contribution in [0.15, 0.2) is 29.2 Å². The van der Waals surface area contributed by atoms with Gasteiger partial charge in [0, 0.05) is 50.4 Å². The number of carbonyl (C=O) groups excluding carboxylic acids is 1. The summed E-state index contributed by atoms with van der Waals surface area (Å²) in [4.78, 5) is 40.2. The van der Waals surface area contributed by atoms with Gasteiger partial charge in [0.25, 0.3) is 5.56 Å². The molecule has 5 rings (SSSR count). The molecule has 3 heterocycles. The highest BCUT2D eigenvalue weighted by Crippen LogP contribution is 2.39. The highest BCUT2D eigenvalue weighted by Gasteiger charge is 2.31. The molecule has 2 N–H and O–H groups in total. The van der Waals surface area contributed by atoms with E-state index in [-0.39, 0.29) is 17.3 Å². The maximum Gasteiger partial charge on any atom is 0.262 e. The number of aromatic amines is 1. The van der Waals surface area contributed by atoms with Crippen molar-refractivity contribution in [2.45, 2.75) is 18.8 Å². The number of carbonyl (C=O) groups is 1. The van der Waals surface area contributed by atoms with Crippen molar-refractivity contribution < 1.29 is 19.0 Å². The molecule has 3 aromatic rings. The summed E-state index contributed by atoms with van der Waals surface area (Å²) in [6, 6.07) is 5.58. The van der Waals surface area contributed by atoms with Crippen LogP contribution in [0.3, 0.4) is 0 Å². The Labute approximate surface area is 202 Å². The van der Waals surface area contributed by atoms with Crippen LogP contribution in [-0.2, 0) is 11.2 Å². The molecule has 1 fully saturated rings. The van der Waals surface area contributed by atoms with Gasteiger partial charge in [-0.2, -0.15) is 4.98 Å². The van der Waals surface area contributed by atoms with Crippen LogP contribution in [-0.4, -0.2) is 79.2 Å². The zero-order valence-corrected chi connectivity index (χ0v) is 19.9. The SMILES string of the molecule is COc1ccc(C2CC(=O)c3cnc4nc(NCCN5CCOCC5)[nH]c(=O)c4c3C2)c(OC)c1. The Morgan fingerprint density at radius 2 is 2.00 bits per heavy atom. The van der Waals surface area contributed by atoms with Gasteiger partial charge in [0.2, 0.25) is 5.95 Å².